The first kappa shape index (κ1) is 12.6. The number of anilines is 1. The summed E-state index contributed by atoms with van der Waals surface area (Å²) in [4.78, 5) is 8.24. The molecule has 1 aliphatic heterocycles. The van der Waals surface area contributed by atoms with Gasteiger partial charge in [0.05, 0.1) is 0 Å². The minimum atomic E-state index is 0.935. The van der Waals surface area contributed by atoms with E-state index >= 15 is 0 Å². The summed E-state index contributed by atoms with van der Waals surface area (Å²) in [6.07, 6.45) is 3.16. The van der Waals surface area contributed by atoms with Crippen molar-refractivity contribution in [3.8, 4) is 0 Å². The fourth-order valence-corrected chi connectivity index (χ4v) is 3.45. The maximum Gasteiger partial charge on any atom is 0.182 e. The summed E-state index contributed by atoms with van der Waals surface area (Å²) in [5.74, 6) is 0. The molecule has 0 saturated carbocycles. The topological polar surface area (TPSA) is 28.2 Å². The monoisotopic (exact) mass is 273 g/mol. The van der Waals surface area contributed by atoms with Gasteiger partial charge in [-0.2, -0.15) is 0 Å². The molecule has 0 fully saturated rings. The number of thiazole rings is 1. The van der Waals surface area contributed by atoms with Crippen molar-refractivity contribution in [2.75, 3.05) is 18.4 Å². The molecule has 3 nitrogen and oxygen atoms in total. The maximum atomic E-state index is 4.40. The molecule has 0 radical (unpaired) electrons. The molecule has 100 valence electrons. The summed E-state index contributed by atoms with van der Waals surface area (Å²) >= 11 is 1.77. The van der Waals surface area contributed by atoms with E-state index < -0.39 is 0 Å². The Bertz CT molecular complexity index is 550. The van der Waals surface area contributed by atoms with Gasteiger partial charge in [0.1, 0.15) is 0 Å². The summed E-state index contributed by atoms with van der Waals surface area (Å²) < 4.78 is 0. The largest absolute Gasteiger partial charge is 0.362 e. The lowest BCUT2D eigenvalue weighted by molar-refractivity contribution is 0.247. The van der Waals surface area contributed by atoms with Crippen LogP contribution in [0.4, 0.5) is 5.13 Å². The number of hydrogen-bond acceptors (Lipinski definition) is 4. The summed E-state index contributed by atoms with van der Waals surface area (Å²) in [6, 6.07) is 8.78. The lowest BCUT2D eigenvalue weighted by Crippen LogP contribution is -2.29. The molecule has 0 unspecified atom stereocenters. The Labute approximate surface area is 118 Å². The predicted molar refractivity (Wildman–Crippen MR) is 80.5 cm³/mol. The molecular weight excluding hydrogens is 254 g/mol. The van der Waals surface area contributed by atoms with Crippen LogP contribution < -0.4 is 5.32 Å². The highest BCUT2D eigenvalue weighted by molar-refractivity contribution is 7.15. The maximum absolute atomic E-state index is 4.40. The van der Waals surface area contributed by atoms with Crippen molar-refractivity contribution in [2.45, 2.75) is 26.4 Å². The Balaban J connectivity index is 1.65. The molecule has 2 heterocycles. The van der Waals surface area contributed by atoms with E-state index in [1.807, 2.05) is 6.20 Å². The van der Waals surface area contributed by atoms with Crippen LogP contribution in [0.5, 0.6) is 0 Å². The second-order valence-electron chi connectivity index (χ2n) is 4.89. The summed E-state index contributed by atoms with van der Waals surface area (Å²) in [5, 5.41) is 4.31. The van der Waals surface area contributed by atoms with E-state index in [0.717, 1.165) is 37.7 Å². The van der Waals surface area contributed by atoms with Crippen LogP contribution in [0.15, 0.2) is 30.5 Å². The van der Waals surface area contributed by atoms with E-state index in [9.17, 15) is 0 Å². The molecule has 0 bridgehead atoms. The predicted octanol–water partition coefficient (Wildman–Crippen LogP) is 3.13. The average molecular weight is 273 g/mol. The van der Waals surface area contributed by atoms with E-state index in [0.29, 0.717) is 0 Å². The van der Waals surface area contributed by atoms with Crippen LogP contribution in [-0.2, 0) is 19.5 Å². The van der Waals surface area contributed by atoms with Crippen LogP contribution in [0.1, 0.15) is 22.9 Å². The molecule has 0 saturated heterocycles. The molecular formula is C15H19N3S. The lowest BCUT2D eigenvalue weighted by atomic mass is 10.00. The lowest BCUT2D eigenvalue weighted by Gasteiger charge is -2.28. The summed E-state index contributed by atoms with van der Waals surface area (Å²) in [7, 11) is 0. The van der Waals surface area contributed by atoms with E-state index in [2.05, 4.69) is 46.4 Å². The van der Waals surface area contributed by atoms with Crippen molar-refractivity contribution >= 4 is 16.5 Å². The minimum Gasteiger partial charge on any atom is -0.362 e. The van der Waals surface area contributed by atoms with Crippen LogP contribution in [0.2, 0.25) is 0 Å². The molecule has 2 aromatic rings. The standard InChI is InChI=1S/C15H19N3S/c1-2-16-15-17-9-14(19-15)11-18-8-7-12-5-3-4-6-13(12)10-18/h3-6,9H,2,7-8,10-11H2,1H3,(H,16,17). The summed E-state index contributed by atoms with van der Waals surface area (Å²) in [6.45, 7) is 6.25. The normalized spacial score (nSPS) is 15.2. The Morgan fingerprint density at radius 1 is 1.32 bits per heavy atom. The highest BCUT2D eigenvalue weighted by Gasteiger charge is 2.16. The number of aromatic nitrogens is 1. The Hall–Kier alpha value is -1.39. The number of fused-ring (bicyclic) bond motifs is 1. The Morgan fingerprint density at radius 2 is 2.16 bits per heavy atom. The molecule has 3 rings (SSSR count). The van der Waals surface area contributed by atoms with Gasteiger partial charge in [0.25, 0.3) is 0 Å². The zero-order valence-electron chi connectivity index (χ0n) is 11.2. The third kappa shape index (κ3) is 2.96. The third-order valence-corrected chi connectivity index (χ3v) is 4.41. The zero-order valence-corrected chi connectivity index (χ0v) is 12.0. The molecule has 1 N–H and O–H groups in total. The number of benzene rings is 1. The van der Waals surface area contributed by atoms with Gasteiger partial charge in [-0.15, -0.1) is 11.3 Å². The smallest absolute Gasteiger partial charge is 0.182 e. The van der Waals surface area contributed by atoms with Gasteiger partial charge in [0, 0.05) is 37.3 Å². The highest BCUT2D eigenvalue weighted by atomic mass is 32.1. The van der Waals surface area contributed by atoms with Gasteiger partial charge in [-0.1, -0.05) is 24.3 Å². The molecule has 1 aromatic heterocycles. The number of hydrogen-bond donors (Lipinski definition) is 1. The molecule has 4 heteroatoms. The third-order valence-electron chi connectivity index (χ3n) is 3.47. The van der Waals surface area contributed by atoms with Crippen LogP contribution in [0, 0.1) is 0 Å². The van der Waals surface area contributed by atoms with Crippen molar-refractivity contribution in [3.63, 3.8) is 0 Å². The van der Waals surface area contributed by atoms with Gasteiger partial charge >= 0.3 is 0 Å². The SMILES string of the molecule is CCNc1ncc(CN2CCc3ccccc3C2)s1. The van der Waals surface area contributed by atoms with Crippen molar-refractivity contribution < 1.29 is 0 Å². The van der Waals surface area contributed by atoms with Crippen molar-refractivity contribution in [1.29, 1.82) is 0 Å². The van der Waals surface area contributed by atoms with Crippen molar-refractivity contribution in [1.82, 2.24) is 9.88 Å². The zero-order chi connectivity index (χ0) is 13.1. The Kier molecular flexibility index (Phi) is 3.80. The molecule has 0 atom stereocenters. The van der Waals surface area contributed by atoms with E-state index in [-0.39, 0.29) is 0 Å². The Morgan fingerprint density at radius 3 is 3.00 bits per heavy atom. The first-order chi connectivity index (χ1) is 9.35. The molecule has 1 aromatic carbocycles. The number of nitrogens with zero attached hydrogens (tertiary/aromatic N) is 2. The minimum absolute atomic E-state index is 0.935. The van der Waals surface area contributed by atoms with Gasteiger partial charge in [0.15, 0.2) is 5.13 Å². The first-order valence-corrected chi connectivity index (χ1v) is 7.64. The molecule has 19 heavy (non-hydrogen) atoms. The van der Waals surface area contributed by atoms with Gasteiger partial charge in [-0.05, 0) is 24.5 Å². The van der Waals surface area contributed by atoms with Crippen LogP contribution in [-0.4, -0.2) is 23.0 Å². The number of rotatable bonds is 4. The van der Waals surface area contributed by atoms with E-state index in [4.69, 9.17) is 0 Å². The van der Waals surface area contributed by atoms with Crippen LogP contribution in [0.25, 0.3) is 0 Å². The van der Waals surface area contributed by atoms with Gasteiger partial charge in [0.2, 0.25) is 0 Å². The quantitative estimate of drug-likeness (QED) is 0.927. The van der Waals surface area contributed by atoms with Crippen LogP contribution in [0.3, 0.4) is 0 Å². The molecule has 0 spiro atoms. The fraction of sp³-hybridized carbons (Fsp3) is 0.400. The van der Waals surface area contributed by atoms with Gasteiger partial charge in [-0.25, -0.2) is 4.98 Å². The highest BCUT2D eigenvalue weighted by Crippen LogP contribution is 2.23. The van der Waals surface area contributed by atoms with Crippen LogP contribution >= 0.6 is 11.3 Å². The van der Waals surface area contributed by atoms with E-state index in [1.54, 1.807) is 11.3 Å². The number of nitrogens with one attached hydrogen (secondary N) is 1. The summed E-state index contributed by atoms with van der Waals surface area (Å²) in [5.41, 5.74) is 2.99. The molecule has 0 aliphatic carbocycles. The first-order valence-electron chi connectivity index (χ1n) is 6.83. The van der Waals surface area contributed by atoms with Gasteiger partial charge < -0.3 is 5.32 Å². The van der Waals surface area contributed by atoms with Crippen molar-refractivity contribution in [3.05, 3.63) is 46.5 Å². The second-order valence-corrected chi connectivity index (χ2v) is 6.01. The van der Waals surface area contributed by atoms with Gasteiger partial charge in [-0.3, -0.25) is 4.90 Å². The van der Waals surface area contributed by atoms with Crippen molar-refractivity contribution in [2.24, 2.45) is 0 Å². The molecule has 0 amide bonds. The van der Waals surface area contributed by atoms with E-state index in [1.165, 1.54) is 16.0 Å². The molecule has 1 aliphatic rings. The average Bonchev–Trinajstić information content (AvgIpc) is 2.86. The fourth-order valence-electron chi connectivity index (χ4n) is 2.52. The second kappa shape index (κ2) is 5.72.